The second kappa shape index (κ2) is 12.9. The molecule has 0 fully saturated rings. The van der Waals surface area contributed by atoms with Crippen molar-refractivity contribution in [1.29, 1.82) is 0 Å². The third kappa shape index (κ3) is 5.73. The van der Waals surface area contributed by atoms with E-state index in [2.05, 4.69) is 164 Å². The molecule has 2 heterocycles. The summed E-state index contributed by atoms with van der Waals surface area (Å²) in [4.78, 5) is 15.3. The maximum Gasteiger partial charge on any atom is 0.164 e. The lowest BCUT2D eigenvalue weighted by Gasteiger charge is -2.10. The Balaban J connectivity index is 1.09. The maximum absolute atomic E-state index is 6.53. The Morgan fingerprint density at radius 3 is 1.49 bits per heavy atom. The van der Waals surface area contributed by atoms with E-state index in [9.17, 15) is 0 Å². The van der Waals surface area contributed by atoms with Gasteiger partial charge in [-0.15, -0.1) is 0 Å². The Kier molecular flexibility index (Phi) is 7.43. The van der Waals surface area contributed by atoms with Gasteiger partial charge in [-0.1, -0.05) is 164 Å². The van der Waals surface area contributed by atoms with E-state index in [0.717, 1.165) is 66.3 Å². The van der Waals surface area contributed by atoms with Crippen molar-refractivity contribution in [2.45, 2.75) is 0 Å². The third-order valence-corrected chi connectivity index (χ3v) is 9.96. The van der Waals surface area contributed by atoms with Crippen LogP contribution in [0.1, 0.15) is 0 Å². The summed E-state index contributed by atoms with van der Waals surface area (Å²) in [5, 5.41) is 4.30. The first-order chi connectivity index (χ1) is 26.2. The normalized spacial score (nSPS) is 11.4. The SMILES string of the molecule is c1ccc(-c2ccc(-c3ccc4c(c3)oc3cccc(-c5nc(-c6ccc(-c7ccccc7)cc6)nc(-c6ccc7ccccc7c6)n5)c34)cc2)cc1. The van der Waals surface area contributed by atoms with Gasteiger partial charge in [0.2, 0.25) is 0 Å². The number of furan rings is 1. The van der Waals surface area contributed by atoms with E-state index in [1.54, 1.807) is 0 Å². The van der Waals surface area contributed by atoms with E-state index in [0.29, 0.717) is 17.5 Å². The highest BCUT2D eigenvalue weighted by molar-refractivity contribution is 6.12. The lowest BCUT2D eigenvalue weighted by Crippen LogP contribution is -2.00. The van der Waals surface area contributed by atoms with Crippen LogP contribution in [0.2, 0.25) is 0 Å². The van der Waals surface area contributed by atoms with E-state index in [4.69, 9.17) is 19.4 Å². The van der Waals surface area contributed by atoms with Crippen molar-refractivity contribution in [2.75, 3.05) is 0 Å². The molecule has 0 unspecified atom stereocenters. The predicted octanol–water partition coefficient (Wildman–Crippen LogP) is 12.9. The molecule has 0 aliphatic heterocycles. The molecule has 0 atom stereocenters. The molecule has 0 aliphatic carbocycles. The Labute approximate surface area is 306 Å². The fraction of sp³-hybridized carbons (Fsp3) is 0. The molecule has 0 N–H and O–H groups in total. The number of hydrogen-bond acceptors (Lipinski definition) is 4. The Morgan fingerprint density at radius 2 is 0.811 bits per heavy atom. The fourth-order valence-corrected chi connectivity index (χ4v) is 7.20. The first-order valence-corrected chi connectivity index (χ1v) is 17.8. The van der Waals surface area contributed by atoms with Crippen molar-refractivity contribution in [1.82, 2.24) is 15.0 Å². The van der Waals surface area contributed by atoms with E-state index in [-0.39, 0.29) is 0 Å². The summed E-state index contributed by atoms with van der Waals surface area (Å²) in [5.74, 6) is 1.83. The molecular weight excluding hydrogens is 647 g/mol. The van der Waals surface area contributed by atoms with Crippen molar-refractivity contribution < 1.29 is 4.42 Å². The van der Waals surface area contributed by atoms with Crippen LogP contribution < -0.4 is 0 Å². The molecule has 0 spiro atoms. The molecule has 10 rings (SSSR count). The molecule has 0 radical (unpaired) electrons. The van der Waals surface area contributed by atoms with Crippen molar-refractivity contribution in [3.8, 4) is 67.5 Å². The summed E-state index contributed by atoms with van der Waals surface area (Å²) in [6.45, 7) is 0. The van der Waals surface area contributed by atoms with E-state index in [1.165, 1.54) is 16.5 Å². The molecule has 0 aliphatic rings. The van der Waals surface area contributed by atoms with Gasteiger partial charge in [0.15, 0.2) is 17.5 Å². The minimum atomic E-state index is 0.596. The van der Waals surface area contributed by atoms with Gasteiger partial charge in [-0.3, -0.25) is 0 Å². The molecule has 2 aromatic heterocycles. The van der Waals surface area contributed by atoms with Crippen molar-refractivity contribution in [3.05, 3.63) is 188 Å². The zero-order chi connectivity index (χ0) is 35.1. The van der Waals surface area contributed by atoms with Gasteiger partial charge in [-0.2, -0.15) is 0 Å². The first-order valence-electron chi connectivity index (χ1n) is 17.8. The molecular formula is C49H31N3O. The first kappa shape index (κ1) is 30.6. The minimum Gasteiger partial charge on any atom is -0.456 e. The molecule has 8 aromatic carbocycles. The molecule has 0 saturated heterocycles. The van der Waals surface area contributed by atoms with Crippen LogP contribution in [0.4, 0.5) is 0 Å². The van der Waals surface area contributed by atoms with Gasteiger partial charge in [0.05, 0.1) is 0 Å². The number of benzene rings is 8. The average molecular weight is 678 g/mol. The number of rotatable bonds is 6. The second-order valence-electron chi connectivity index (χ2n) is 13.2. The van der Waals surface area contributed by atoms with Crippen LogP contribution in [0, 0.1) is 0 Å². The number of hydrogen-bond donors (Lipinski definition) is 0. The molecule has 248 valence electrons. The predicted molar refractivity (Wildman–Crippen MR) is 217 cm³/mol. The van der Waals surface area contributed by atoms with Gasteiger partial charge in [0.1, 0.15) is 11.2 Å². The molecule has 4 heteroatoms. The van der Waals surface area contributed by atoms with Crippen LogP contribution in [0.15, 0.2) is 192 Å². The van der Waals surface area contributed by atoms with Crippen LogP contribution in [0.25, 0.3) is 100 Å². The lowest BCUT2D eigenvalue weighted by molar-refractivity contribution is 0.669. The van der Waals surface area contributed by atoms with Crippen molar-refractivity contribution >= 4 is 32.7 Å². The van der Waals surface area contributed by atoms with Gasteiger partial charge < -0.3 is 4.42 Å². The topological polar surface area (TPSA) is 51.8 Å². The second-order valence-corrected chi connectivity index (χ2v) is 13.2. The Morgan fingerprint density at radius 1 is 0.302 bits per heavy atom. The summed E-state index contributed by atoms with van der Waals surface area (Å²) >= 11 is 0. The van der Waals surface area contributed by atoms with Crippen LogP contribution in [-0.2, 0) is 0 Å². The third-order valence-electron chi connectivity index (χ3n) is 9.96. The highest BCUT2D eigenvalue weighted by Crippen LogP contribution is 2.39. The van der Waals surface area contributed by atoms with Gasteiger partial charge in [-0.05, 0) is 68.4 Å². The number of fused-ring (bicyclic) bond motifs is 4. The average Bonchev–Trinajstić information content (AvgIpc) is 3.62. The molecule has 0 bridgehead atoms. The van der Waals surface area contributed by atoms with Crippen LogP contribution >= 0.6 is 0 Å². The van der Waals surface area contributed by atoms with Crippen LogP contribution in [-0.4, -0.2) is 15.0 Å². The Bertz CT molecular complexity index is 2910. The highest BCUT2D eigenvalue weighted by Gasteiger charge is 2.18. The number of nitrogens with zero attached hydrogens (tertiary/aromatic N) is 3. The lowest BCUT2D eigenvalue weighted by atomic mass is 9.99. The maximum atomic E-state index is 6.53. The standard InChI is InChI=1S/C49H31N3O/c1-3-10-32(11-4-1)35-18-20-37(21-19-35)40-28-29-42-45(31-40)53-44-17-9-16-43(46(42)44)49-51-47(38-25-22-36(23-26-38)33-12-5-2-6-13-33)50-48(52-49)41-27-24-34-14-7-8-15-39(34)30-41/h1-31H. The fourth-order valence-electron chi connectivity index (χ4n) is 7.20. The summed E-state index contributed by atoms with van der Waals surface area (Å²) in [5.41, 5.74) is 11.3. The summed E-state index contributed by atoms with van der Waals surface area (Å²) in [6.07, 6.45) is 0. The largest absolute Gasteiger partial charge is 0.456 e. The molecule has 53 heavy (non-hydrogen) atoms. The highest BCUT2D eigenvalue weighted by atomic mass is 16.3. The molecule has 10 aromatic rings. The zero-order valence-corrected chi connectivity index (χ0v) is 28.6. The molecule has 0 amide bonds. The zero-order valence-electron chi connectivity index (χ0n) is 28.6. The smallest absolute Gasteiger partial charge is 0.164 e. The quantitative estimate of drug-likeness (QED) is 0.176. The van der Waals surface area contributed by atoms with Crippen LogP contribution in [0.3, 0.4) is 0 Å². The molecule has 0 saturated carbocycles. The van der Waals surface area contributed by atoms with Gasteiger partial charge in [-0.25, -0.2) is 15.0 Å². The van der Waals surface area contributed by atoms with Crippen LogP contribution in [0.5, 0.6) is 0 Å². The monoisotopic (exact) mass is 677 g/mol. The van der Waals surface area contributed by atoms with Crippen molar-refractivity contribution in [3.63, 3.8) is 0 Å². The van der Waals surface area contributed by atoms with E-state index >= 15 is 0 Å². The van der Waals surface area contributed by atoms with E-state index in [1.807, 2.05) is 24.3 Å². The molecule has 4 nitrogen and oxygen atoms in total. The van der Waals surface area contributed by atoms with Gasteiger partial charge in [0.25, 0.3) is 0 Å². The Hall–Kier alpha value is -7.17. The number of aromatic nitrogens is 3. The summed E-state index contributed by atoms with van der Waals surface area (Å²) < 4.78 is 6.53. The van der Waals surface area contributed by atoms with Gasteiger partial charge >= 0.3 is 0 Å². The summed E-state index contributed by atoms with van der Waals surface area (Å²) in [7, 11) is 0. The minimum absolute atomic E-state index is 0.596. The van der Waals surface area contributed by atoms with E-state index < -0.39 is 0 Å². The van der Waals surface area contributed by atoms with Crippen molar-refractivity contribution in [2.24, 2.45) is 0 Å². The van der Waals surface area contributed by atoms with Gasteiger partial charge in [0, 0.05) is 27.5 Å². The summed E-state index contributed by atoms with van der Waals surface area (Å²) in [6, 6.07) is 65.2.